The second-order valence-electron chi connectivity index (χ2n) is 6.10. The van der Waals surface area contributed by atoms with Crippen molar-refractivity contribution >= 4 is 5.78 Å². The molecule has 0 N–H and O–H groups in total. The third-order valence-corrected chi connectivity index (χ3v) is 4.68. The standard InChI is InChI=1S/C17H26O/c1-13-7-3-5-9-15(13)11-17(18)12-16-10-6-4-8-14(16)2/h7-8,15-16H,3-6,9-12H2,1-2H3. The summed E-state index contributed by atoms with van der Waals surface area (Å²) >= 11 is 0. The fourth-order valence-electron chi connectivity index (χ4n) is 3.34. The van der Waals surface area contributed by atoms with Gasteiger partial charge in [-0.2, -0.15) is 0 Å². The largest absolute Gasteiger partial charge is 0.300 e. The molecule has 2 unspecified atom stereocenters. The van der Waals surface area contributed by atoms with Gasteiger partial charge in [0, 0.05) is 12.8 Å². The summed E-state index contributed by atoms with van der Waals surface area (Å²) in [7, 11) is 0. The molecule has 0 aromatic heterocycles. The molecule has 0 saturated carbocycles. The van der Waals surface area contributed by atoms with Gasteiger partial charge in [-0.15, -0.1) is 0 Å². The second kappa shape index (κ2) is 6.36. The highest BCUT2D eigenvalue weighted by Crippen LogP contribution is 2.31. The highest BCUT2D eigenvalue weighted by molar-refractivity contribution is 5.79. The molecule has 0 saturated heterocycles. The van der Waals surface area contributed by atoms with Crippen LogP contribution in [0.25, 0.3) is 0 Å². The molecular weight excluding hydrogens is 220 g/mol. The van der Waals surface area contributed by atoms with E-state index in [1.165, 1.54) is 49.7 Å². The Bertz CT molecular complexity index is 328. The average Bonchev–Trinajstić information content (AvgIpc) is 2.35. The van der Waals surface area contributed by atoms with Crippen molar-refractivity contribution in [2.45, 2.75) is 65.2 Å². The maximum absolute atomic E-state index is 12.2. The average molecular weight is 246 g/mol. The number of hydrogen-bond donors (Lipinski definition) is 0. The van der Waals surface area contributed by atoms with Gasteiger partial charge in [-0.3, -0.25) is 4.79 Å². The second-order valence-corrected chi connectivity index (χ2v) is 6.10. The molecule has 0 aromatic carbocycles. The molecule has 0 fully saturated rings. The minimum Gasteiger partial charge on any atom is -0.300 e. The van der Waals surface area contributed by atoms with E-state index in [-0.39, 0.29) is 0 Å². The molecule has 1 nitrogen and oxygen atoms in total. The summed E-state index contributed by atoms with van der Waals surface area (Å²) in [5, 5.41) is 0. The summed E-state index contributed by atoms with van der Waals surface area (Å²) in [6.45, 7) is 4.39. The highest BCUT2D eigenvalue weighted by atomic mass is 16.1. The number of rotatable bonds is 4. The summed E-state index contributed by atoms with van der Waals surface area (Å²) in [5.41, 5.74) is 2.90. The van der Waals surface area contributed by atoms with Crippen LogP contribution in [0.3, 0.4) is 0 Å². The van der Waals surface area contributed by atoms with Crippen LogP contribution in [0.1, 0.15) is 65.2 Å². The molecule has 2 aliphatic carbocycles. The molecule has 0 aromatic rings. The molecule has 0 bridgehead atoms. The van der Waals surface area contributed by atoms with Crippen LogP contribution < -0.4 is 0 Å². The number of ketones is 1. The normalized spacial score (nSPS) is 28.6. The SMILES string of the molecule is CC1=CCCCC1CC(=O)CC1CCCC=C1C. The number of carbonyl (C=O) groups excluding carboxylic acids is 1. The van der Waals surface area contributed by atoms with E-state index in [2.05, 4.69) is 26.0 Å². The Labute approximate surface area is 111 Å². The predicted molar refractivity (Wildman–Crippen MR) is 76.4 cm³/mol. The van der Waals surface area contributed by atoms with Crippen LogP contribution >= 0.6 is 0 Å². The Balaban J connectivity index is 1.85. The molecule has 2 atom stereocenters. The van der Waals surface area contributed by atoms with Gasteiger partial charge < -0.3 is 0 Å². The van der Waals surface area contributed by atoms with Crippen molar-refractivity contribution in [3.63, 3.8) is 0 Å². The zero-order valence-electron chi connectivity index (χ0n) is 11.9. The maximum Gasteiger partial charge on any atom is 0.134 e. The molecule has 0 heterocycles. The summed E-state index contributed by atoms with van der Waals surface area (Å²) in [5.74, 6) is 1.56. The fraction of sp³-hybridized carbons (Fsp3) is 0.706. The lowest BCUT2D eigenvalue weighted by atomic mass is 9.80. The van der Waals surface area contributed by atoms with Crippen molar-refractivity contribution < 1.29 is 4.79 Å². The summed E-state index contributed by atoms with van der Waals surface area (Å²) < 4.78 is 0. The summed E-state index contributed by atoms with van der Waals surface area (Å²) in [4.78, 5) is 12.2. The number of Topliss-reactive ketones (excluding diaryl/α,β-unsaturated/α-hetero) is 1. The number of allylic oxidation sites excluding steroid dienone is 4. The van der Waals surface area contributed by atoms with E-state index in [9.17, 15) is 4.79 Å². The molecule has 2 rings (SSSR count). The van der Waals surface area contributed by atoms with Gasteiger partial charge in [0.15, 0.2) is 0 Å². The Morgan fingerprint density at radius 2 is 1.44 bits per heavy atom. The molecule has 0 radical (unpaired) electrons. The van der Waals surface area contributed by atoms with Crippen molar-refractivity contribution in [2.75, 3.05) is 0 Å². The Morgan fingerprint density at radius 3 is 1.83 bits per heavy atom. The topological polar surface area (TPSA) is 17.1 Å². The third kappa shape index (κ3) is 3.57. The molecule has 0 amide bonds. The van der Waals surface area contributed by atoms with Gasteiger partial charge in [-0.05, 0) is 64.2 Å². The van der Waals surface area contributed by atoms with Crippen molar-refractivity contribution in [1.82, 2.24) is 0 Å². The number of hydrogen-bond acceptors (Lipinski definition) is 1. The van der Waals surface area contributed by atoms with Gasteiger partial charge >= 0.3 is 0 Å². The fourth-order valence-corrected chi connectivity index (χ4v) is 3.34. The maximum atomic E-state index is 12.2. The lowest BCUT2D eigenvalue weighted by Gasteiger charge is -2.24. The molecule has 0 aliphatic heterocycles. The molecular formula is C17H26O. The lowest BCUT2D eigenvalue weighted by Crippen LogP contribution is -2.17. The van der Waals surface area contributed by atoms with Gasteiger partial charge in [-0.25, -0.2) is 0 Å². The molecule has 2 aliphatic rings. The molecule has 1 heteroatoms. The lowest BCUT2D eigenvalue weighted by molar-refractivity contribution is -0.120. The van der Waals surface area contributed by atoms with Crippen LogP contribution in [0, 0.1) is 11.8 Å². The smallest absolute Gasteiger partial charge is 0.134 e. The Morgan fingerprint density at radius 1 is 1.00 bits per heavy atom. The van der Waals surface area contributed by atoms with Crippen LogP contribution in [0.4, 0.5) is 0 Å². The Kier molecular flexibility index (Phi) is 4.79. The minimum absolute atomic E-state index is 0.481. The van der Waals surface area contributed by atoms with Crippen LogP contribution in [0.5, 0.6) is 0 Å². The van der Waals surface area contributed by atoms with Crippen molar-refractivity contribution in [1.29, 1.82) is 0 Å². The van der Waals surface area contributed by atoms with Gasteiger partial charge in [0.1, 0.15) is 5.78 Å². The van der Waals surface area contributed by atoms with E-state index in [0.717, 1.165) is 12.8 Å². The van der Waals surface area contributed by atoms with Gasteiger partial charge in [0.2, 0.25) is 0 Å². The summed E-state index contributed by atoms with van der Waals surface area (Å²) in [6, 6.07) is 0. The van der Waals surface area contributed by atoms with Crippen LogP contribution in [0.2, 0.25) is 0 Å². The molecule has 18 heavy (non-hydrogen) atoms. The van der Waals surface area contributed by atoms with Crippen LogP contribution in [-0.2, 0) is 4.79 Å². The predicted octanol–water partition coefficient (Wildman–Crippen LogP) is 4.83. The van der Waals surface area contributed by atoms with Gasteiger partial charge in [-0.1, -0.05) is 23.3 Å². The van der Waals surface area contributed by atoms with E-state index in [1.54, 1.807) is 0 Å². The monoisotopic (exact) mass is 246 g/mol. The quantitative estimate of drug-likeness (QED) is 0.649. The zero-order valence-corrected chi connectivity index (χ0v) is 11.9. The third-order valence-electron chi connectivity index (χ3n) is 4.68. The number of carbonyl (C=O) groups is 1. The van der Waals surface area contributed by atoms with Gasteiger partial charge in [0.05, 0.1) is 0 Å². The molecule has 100 valence electrons. The van der Waals surface area contributed by atoms with E-state index >= 15 is 0 Å². The summed E-state index contributed by atoms with van der Waals surface area (Å²) in [6.07, 6.45) is 13.6. The van der Waals surface area contributed by atoms with Crippen molar-refractivity contribution in [3.05, 3.63) is 23.3 Å². The van der Waals surface area contributed by atoms with Gasteiger partial charge in [0.25, 0.3) is 0 Å². The first-order valence-electron chi connectivity index (χ1n) is 7.52. The van der Waals surface area contributed by atoms with E-state index in [4.69, 9.17) is 0 Å². The first-order chi connectivity index (χ1) is 8.66. The van der Waals surface area contributed by atoms with E-state index in [1.807, 2.05) is 0 Å². The van der Waals surface area contributed by atoms with Crippen molar-refractivity contribution in [2.24, 2.45) is 11.8 Å². The zero-order chi connectivity index (χ0) is 13.0. The highest BCUT2D eigenvalue weighted by Gasteiger charge is 2.22. The van der Waals surface area contributed by atoms with E-state index in [0.29, 0.717) is 17.6 Å². The minimum atomic E-state index is 0.481. The first kappa shape index (κ1) is 13.6. The van der Waals surface area contributed by atoms with E-state index < -0.39 is 0 Å². The molecule has 0 spiro atoms. The first-order valence-corrected chi connectivity index (χ1v) is 7.52. The Hall–Kier alpha value is -0.850. The van der Waals surface area contributed by atoms with Crippen LogP contribution in [-0.4, -0.2) is 5.78 Å². The van der Waals surface area contributed by atoms with Crippen molar-refractivity contribution in [3.8, 4) is 0 Å². The van der Waals surface area contributed by atoms with Crippen LogP contribution in [0.15, 0.2) is 23.3 Å².